The smallest absolute Gasteiger partial charge is 0.296 e. The van der Waals surface area contributed by atoms with Crippen LogP contribution in [-0.4, -0.2) is 10.9 Å². The third kappa shape index (κ3) is 2.89. The van der Waals surface area contributed by atoms with Crippen LogP contribution in [0.25, 0.3) is 11.0 Å². The minimum Gasteiger partial charge on any atom is -0.450 e. The second-order valence-electron chi connectivity index (χ2n) is 6.75. The highest BCUT2D eigenvalue weighted by Gasteiger charge is 2.44. The fraction of sp³-hybridized carbons (Fsp3) is 0.0455. The third-order valence-electron chi connectivity index (χ3n) is 4.99. The summed E-state index contributed by atoms with van der Waals surface area (Å²) < 4.78 is 5.87. The molecule has 1 aliphatic heterocycles. The number of hydrogen-bond donors (Lipinski definition) is 0. The molecule has 30 heavy (non-hydrogen) atoms. The molecule has 0 spiro atoms. The first kappa shape index (κ1) is 19.1. The summed E-state index contributed by atoms with van der Waals surface area (Å²) in [4.78, 5) is 32.5. The number of aromatic nitrogens is 1. The Morgan fingerprint density at radius 2 is 1.77 bits per heavy atom. The van der Waals surface area contributed by atoms with E-state index in [4.69, 9.17) is 39.2 Å². The molecule has 3 heterocycles. The second kappa shape index (κ2) is 7.13. The van der Waals surface area contributed by atoms with Crippen LogP contribution in [0.2, 0.25) is 15.1 Å². The zero-order chi connectivity index (χ0) is 21.0. The summed E-state index contributed by atoms with van der Waals surface area (Å²) >= 11 is 18.4. The molecule has 8 heteroatoms. The summed E-state index contributed by atoms with van der Waals surface area (Å²) in [5.41, 5.74) is 0.763. The lowest BCUT2D eigenvalue weighted by atomic mass is 9.98. The van der Waals surface area contributed by atoms with Crippen molar-refractivity contribution in [2.75, 3.05) is 4.90 Å². The molecule has 1 aliphatic rings. The highest BCUT2D eigenvalue weighted by molar-refractivity contribution is 6.42. The van der Waals surface area contributed by atoms with Gasteiger partial charge in [-0.25, -0.2) is 4.98 Å². The molecule has 0 bridgehead atoms. The number of benzene rings is 2. The second-order valence-corrected chi connectivity index (χ2v) is 8.00. The fourth-order valence-electron chi connectivity index (χ4n) is 3.68. The van der Waals surface area contributed by atoms with Crippen molar-refractivity contribution in [3.63, 3.8) is 0 Å². The zero-order valence-corrected chi connectivity index (χ0v) is 17.4. The van der Waals surface area contributed by atoms with Crippen molar-refractivity contribution < 1.29 is 9.21 Å². The Morgan fingerprint density at radius 1 is 0.933 bits per heavy atom. The first-order valence-corrected chi connectivity index (χ1v) is 10.0. The topological polar surface area (TPSA) is 63.4 Å². The Labute approximate surface area is 185 Å². The van der Waals surface area contributed by atoms with Gasteiger partial charge in [-0.15, -0.1) is 0 Å². The normalized spacial score (nSPS) is 15.6. The Kier molecular flexibility index (Phi) is 4.54. The number of nitrogens with zero attached hydrogens (tertiary/aromatic N) is 2. The van der Waals surface area contributed by atoms with E-state index in [9.17, 15) is 9.59 Å². The predicted molar refractivity (Wildman–Crippen MR) is 117 cm³/mol. The number of rotatable bonds is 2. The molecule has 2 aromatic carbocycles. The van der Waals surface area contributed by atoms with Gasteiger partial charge >= 0.3 is 0 Å². The van der Waals surface area contributed by atoms with Crippen molar-refractivity contribution in [2.45, 2.75) is 6.04 Å². The summed E-state index contributed by atoms with van der Waals surface area (Å²) in [7, 11) is 0. The van der Waals surface area contributed by atoms with Crippen LogP contribution < -0.4 is 10.3 Å². The number of pyridine rings is 1. The summed E-state index contributed by atoms with van der Waals surface area (Å²) in [6.07, 6.45) is 1.57. The van der Waals surface area contributed by atoms with Crippen molar-refractivity contribution in [1.29, 1.82) is 0 Å². The molecule has 0 aliphatic carbocycles. The van der Waals surface area contributed by atoms with Crippen molar-refractivity contribution in [2.24, 2.45) is 0 Å². The van der Waals surface area contributed by atoms with Crippen LogP contribution in [0.4, 0.5) is 5.82 Å². The fourth-order valence-corrected chi connectivity index (χ4v) is 4.15. The van der Waals surface area contributed by atoms with Crippen molar-refractivity contribution >= 4 is 57.5 Å². The molecule has 0 fully saturated rings. The zero-order valence-electron chi connectivity index (χ0n) is 15.1. The van der Waals surface area contributed by atoms with Crippen LogP contribution >= 0.6 is 34.8 Å². The molecule has 1 unspecified atom stereocenters. The largest absolute Gasteiger partial charge is 0.450 e. The highest BCUT2D eigenvalue weighted by Crippen LogP contribution is 2.41. The number of amides is 1. The Bertz CT molecular complexity index is 1390. The molecule has 0 radical (unpaired) electrons. The van der Waals surface area contributed by atoms with E-state index in [1.807, 2.05) is 0 Å². The summed E-state index contributed by atoms with van der Waals surface area (Å²) in [6, 6.07) is 14.1. The van der Waals surface area contributed by atoms with Crippen molar-refractivity contribution in [1.82, 2.24) is 4.98 Å². The molecular formula is C22H11Cl3N2O3. The van der Waals surface area contributed by atoms with Gasteiger partial charge in [0.2, 0.25) is 5.76 Å². The van der Waals surface area contributed by atoms with Crippen molar-refractivity contribution in [3.05, 3.63) is 103 Å². The first-order chi connectivity index (χ1) is 14.5. The number of carbonyl (C=O) groups excluding carboxylic acids is 1. The lowest BCUT2D eigenvalue weighted by Crippen LogP contribution is -2.30. The minimum absolute atomic E-state index is 0.0310. The van der Waals surface area contributed by atoms with Crippen LogP contribution in [0.15, 0.2) is 70.0 Å². The van der Waals surface area contributed by atoms with Crippen LogP contribution in [0.1, 0.15) is 27.7 Å². The van der Waals surface area contributed by atoms with Gasteiger partial charge in [-0.2, -0.15) is 0 Å². The van der Waals surface area contributed by atoms with Crippen LogP contribution in [0.3, 0.4) is 0 Å². The molecule has 5 rings (SSSR count). The quantitative estimate of drug-likeness (QED) is 0.376. The van der Waals surface area contributed by atoms with E-state index in [1.54, 1.807) is 54.7 Å². The third-order valence-corrected chi connectivity index (χ3v) is 5.96. The van der Waals surface area contributed by atoms with Crippen molar-refractivity contribution in [3.8, 4) is 0 Å². The van der Waals surface area contributed by atoms with Gasteiger partial charge in [0, 0.05) is 11.2 Å². The van der Waals surface area contributed by atoms with E-state index < -0.39 is 11.9 Å². The van der Waals surface area contributed by atoms with Crippen LogP contribution in [0, 0.1) is 0 Å². The van der Waals surface area contributed by atoms with Gasteiger partial charge in [-0.05, 0) is 48.0 Å². The summed E-state index contributed by atoms with van der Waals surface area (Å²) in [5.74, 6) is -0.114. The SMILES string of the molecule is O=C1c2oc3ccc(Cl)cc3c(=O)c2C(c2ccc(Cl)c(Cl)c2)N1c1ccccn1. The maximum Gasteiger partial charge on any atom is 0.296 e. The Hall–Kier alpha value is -2.86. The maximum absolute atomic E-state index is 13.5. The standard InChI is InChI=1S/C22H11Cl3N2O3/c23-12-5-7-16-13(10-12)20(28)18-19(11-4-6-14(24)15(25)9-11)27(22(29)21(18)30-16)17-3-1-2-8-26-17/h1-10,19H. The molecule has 0 saturated carbocycles. The van der Waals surface area contributed by atoms with Gasteiger partial charge in [-0.3, -0.25) is 14.5 Å². The maximum atomic E-state index is 13.5. The lowest BCUT2D eigenvalue weighted by molar-refractivity contribution is 0.0970. The number of carbonyl (C=O) groups is 1. The van der Waals surface area contributed by atoms with Gasteiger partial charge < -0.3 is 4.42 Å². The van der Waals surface area contributed by atoms with Crippen LogP contribution in [-0.2, 0) is 0 Å². The number of halogens is 3. The van der Waals surface area contributed by atoms with E-state index in [1.165, 1.54) is 11.0 Å². The molecule has 1 amide bonds. The van der Waals surface area contributed by atoms with E-state index in [2.05, 4.69) is 4.98 Å². The average molecular weight is 458 g/mol. The first-order valence-electron chi connectivity index (χ1n) is 8.91. The molecule has 0 N–H and O–H groups in total. The van der Waals surface area contributed by atoms with E-state index in [-0.39, 0.29) is 22.3 Å². The Morgan fingerprint density at radius 3 is 2.50 bits per heavy atom. The van der Waals surface area contributed by atoms with Gasteiger partial charge in [0.1, 0.15) is 11.4 Å². The van der Waals surface area contributed by atoms with Gasteiger partial charge in [0.25, 0.3) is 5.91 Å². The minimum atomic E-state index is -0.781. The number of hydrogen-bond acceptors (Lipinski definition) is 4. The highest BCUT2D eigenvalue weighted by atomic mass is 35.5. The average Bonchev–Trinajstić information content (AvgIpc) is 3.04. The molecular weight excluding hydrogens is 447 g/mol. The van der Waals surface area contributed by atoms with E-state index in [0.717, 1.165) is 0 Å². The summed E-state index contributed by atoms with van der Waals surface area (Å²) in [5, 5.41) is 1.37. The summed E-state index contributed by atoms with van der Waals surface area (Å²) in [6.45, 7) is 0. The molecule has 2 aromatic heterocycles. The van der Waals surface area contributed by atoms with Gasteiger partial charge in [0.15, 0.2) is 5.43 Å². The number of fused-ring (bicyclic) bond motifs is 2. The van der Waals surface area contributed by atoms with Crippen LogP contribution in [0.5, 0.6) is 0 Å². The van der Waals surface area contributed by atoms with E-state index >= 15 is 0 Å². The Balaban J connectivity index is 1.84. The molecule has 148 valence electrons. The molecule has 0 saturated heterocycles. The van der Waals surface area contributed by atoms with Gasteiger partial charge in [-0.1, -0.05) is 46.9 Å². The molecule has 5 nitrogen and oxygen atoms in total. The van der Waals surface area contributed by atoms with Gasteiger partial charge in [0.05, 0.1) is 27.0 Å². The lowest BCUT2D eigenvalue weighted by Gasteiger charge is -2.24. The predicted octanol–water partition coefficient (Wildman–Crippen LogP) is 5.90. The number of anilines is 1. The van der Waals surface area contributed by atoms with E-state index in [0.29, 0.717) is 31.8 Å². The molecule has 4 aromatic rings. The molecule has 1 atom stereocenters. The monoisotopic (exact) mass is 456 g/mol.